The first kappa shape index (κ1) is 23.4. The SMILES string of the molecule is O=C(CS(=O)(=O)c1cn(CC(=O)N2CCOCC2)c2ccccc12)Nc1cccc([N+](=O)[O-])c1. The van der Waals surface area contributed by atoms with Crippen molar-refractivity contribution in [3.63, 3.8) is 0 Å². The number of nitrogens with one attached hydrogen (secondary N) is 1. The third-order valence-corrected chi connectivity index (χ3v) is 7.06. The average Bonchev–Trinajstić information content (AvgIpc) is 3.19. The van der Waals surface area contributed by atoms with Crippen molar-refractivity contribution in [3.8, 4) is 0 Å². The highest BCUT2D eigenvalue weighted by Gasteiger charge is 2.26. The molecule has 12 heteroatoms. The maximum absolute atomic E-state index is 13.1. The molecule has 4 rings (SSSR count). The van der Waals surface area contributed by atoms with Crippen LogP contribution in [-0.4, -0.2) is 66.7 Å². The van der Waals surface area contributed by atoms with Crippen LogP contribution in [0.15, 0.2) is 59.6 Å². The second kappa shape index (κ2) is 9.61. The number of non-ortho nitro benzene ring substituents is 1. The van der Waals surface area contributed by atoms with Crippen LogP contribution in [-0.2, 0) is 30.7 Å². The molecule has 0 aliphatic carbocycles. The van der Waals surface area contributed by atoms with Gasteiger partial charge in [-0.15, -0.1) is 0 Å². The minimum atomic E-state index is -4.08. The summed E-state index contributed by atoms with van der Waals surface area (Å²) in [5.74, 6) is -1.85. The Morgan fingerprint density at radius 1 is 1.09 bits per heavy atom. The number of para-hydroxylation sites is 1. The summed E-state index contributed by atoms with van der Waals surface area (Å²) in [7, 11) is -4.08. The van der Waals surface area contributed by atoms with Gasteiger partial charge in [0.25, 0.3) is 5.69 Å². The lowest BCUT2D eigenvalue weighted by Gasteiger charge is -2.27. The van der Waals surface area contributed by atoms with Crippen molar-refractivity contribution < 1.29 is 27.7 Å². The van der Waals surface area contributed by atoms with Gasteiger partial charge in [0.2, 0.25) is 11.8 Å². The van der Waals surface area contributed by atoms with Crippen molar-refractivity contribution in [2.24, 2.45) is 0 Å². The number of nitro benzene ring substituents is 1. The first-order valence-electron chi connectivity index (χ1n) is 10.4. The predicted octanol–water partition coefficient (Wildman–Crippen LogP) is 1.82. The van der Waals surface area contributed by atoms with Gasteiger partial charge in [0.05, 0.1) is 23.0 Å². The summed E-state index contributed by atoms with van der Waals surface area (Å²) in [6.45, 7) is 1.81. The molecule has 0 unspecified atom stereocenters. The zero-order valence-corrected chi connectivity index (χ0v) is 18.9. The Labute approximate surface area is 195 Å². The van der Waals surface area contributed by atoms with Crippen LogP contribution in [0.5, 0.6) is 0 Å². The average molecular weight is 487 g/mol. The fourth-order valence-electron chi connectivity index (χ4n) is 3.79. The van der Waals surface area contributed by atoms with Crippen LogP contribution in [0.3, 0.4) is 0 Å². The number of hydrogen-bond acceptors (Lipinski definition) is 7. The van der Waals surface area contributed by atoms with Crippen molar-refractivity contribution in [2.45, 2.75) is 11.4 Å². The Morgan fingerprint density at radius 2 is 1.82 bits per heavy atom. The lowest BCUT2D eigenvalue weighted by Crippen LogP contribution is -2.42. The second-order valence-electron chi connectivity index (χ2n) is 7.75. The molecule has 1 aliphatic heterocycles. The number of aromatic nitrogens is 1. The number of anilines is 1. The number of hydrogen-bond donors (Lipinski definition) is 1. The number of carbonyl (C=O) groups excluding carboxylic acids is 2. The topological polar surface area (TPSA) is 141 Å². The van der Waals surface area contributed by atoms with Gasteiger partial charge in [-0.3, -0.25) is 19.7 Å². The molecule has 1 saturated heterocycles. The summed E-state index contributed by atoms with van der Waals surface area (Å²) in [4.78, 5) is 37.1. The van der Waals surface area contributed by atoms with Gasteiger partial charge in [0.1, 0.15) is 12.3 Å². The van der Waals surface area contributed by atoms with E-state index in [0.717, 1.165) is 6.07 Å². The third-order valence-electron chi connectivity index (χ3n) is 5.42. The summed E-state index contributed by atoms with van der Waals surface area (Å²) in [5, 5.41) is 13.7. The van der Waals surface area contributed by atoms with Crippen molar-refractivity contribution in [1.29, 1.82) is 0 Å². The number of sulfone groups is 1. The molecule has 2 aromatic carbocycles. The van der Waals surface area contributed by atoms with E-state index >= 15 is 0 Å². The molecule has 2 heterocycles. The molecule has 0 radical (unpaired) electrons. The number of amides is 2. The molecular weight excluding hydrogens is 464 g/mol. The van der Waals surface area contributed by atoms with Crippen LogP contribution in [0, 0.1) is 10.1 Å². The molecule has 1 N–H and O–H groups in total. The third kappa shape index (κ3) is 5.07. The summed E-state index contributed by atoms with van der Waals surface area (Å²) in [6, 6.07) is 12.0. The van der Waals surface area contributed by atoms with E-state index in [-0.39, 0.29) is 28.7 Å². The summed E-state index contributed by atoms with van der Waals surface area (Å²) in [6.07, 6.45) is 1.37. The molecule has 0 saturated carbocycles. The normalized spacial score (nSPS) is 14.2. The zero-order chi connectivity index (χ0) is 24.3. The smallest absolute Gasteiger partial charge is 0.271 e. The monoisotopic (exact) mass is 486 g/mol. The molecule has 0 atom stereocenters. The highest BCUT2D eigenvalue weighted by atomic mass is 32.2. The van der Waals surface area contributed by atoms with Crippen molar-refractivity contribution in [1.82, 2.24) is 9.47 Å². The van der Waals surface area contributed by atoms with E-state index < -0.39 is 26.4 Å². The van der Waals surface area contributed by atoms with Gasteiger partial charge < -0.3 is 19.5 Å². The Balaban J connectivity index is 1.56. The van der Waals surface area contributed by atoms with E-state index in [1.807, 2.05) is 0 Å². The van der Waals surface area contributed by atoms with Gasteiger partial charge in [-0.1, -0.05) is 24.3 Å². The summed E-state index contributed by atoms with van der Waals surface area (Å²) >= 11 is 0. The van der Waals surface area contributed by atoms with Crippen molar-refractivity contribution >= 4 is 43.9 Å². The molecule has 2 amide bonds. The molecule has 3 aromatic rings. The van der Waals surface area contributed by atoms with E-state index in [9.17, 15) is 28.1 Å². The Bertz CT molecular complexity index is 1360. The second-order valence-corrected chi connectivity index (χ2v) is 9.70. The fourth-order valence-corrected chi connectivity index (χ4v) is 5.16. The van der Waals surface area contributed by atoms with Gasteiger partial charge in [-0.2, -0.15) is 0 Å². The zero-order valence-electron chi connectivity index (χ0n) is 18.0. The Morgan fingerprint density at radius 3 is 2.56 bits per heavy atom. The number of rotatable bonds is 7. The van der Waals surface area contributed by atoms with Crippen LogP contribution in [0.2, 0.25) is 0 Å². The van der Waals surface area contributed by atoms with Crippen LogP contribution in [0.25, 0.3) is 10.9 Å². The van der Waals surface area contributed by atoms with Gasteiger partial charge in [0, 0.05) is 48.0 Å². The molecule has 11 nitrogen and oxygen atoms in total. The molecular formula is C22H22N4O7S. The number of nitrogens with zero attached hydrogens (tertiary/aromatic N) is 3. The summed E-state index contributed by atoms with van der Waals surface area (Å²) in [5.41, 5.74) is 0.448. The predicted molar refractivity (Wildman–Crippen MR) is 123 cm³/mol. The van der Waals surface area contributed by atoms with E-state index in [1.54, 1.807) is 33.7 Å². The minimum absolute atomic E-state index is 0.0457. The van der Waals surface area contributed by atoms with Crippen molar-refractivity contribution in [3.05, 3.63) is 64.8 Å². The molecule has 1 fully saturated rings. The van der Waals surface area contributed by atoms with Crippen molar-refractivity contribution in [2.75, 3.05) is 37.4 Å². The van der Waals surface area contributed by atoms with E-state index in [0.29, 0.717) is 37.2 Å². The standard InChI is InChI=1S/C22H22N4O7S/c27-21(23-16-4-3-5-17(12-16)26(29)30)15-34(31,32)20-13-25(19-7-2-1-6-18(19)20)14-22(28)24-8-10-33-11-9-24/h1-7,12-13H,8-11,14-15H2,(H,23,27). The fraction of sp³-hybridized carbons (Fsp3) is 0.273. The number of ether oxygens (including phenoxy) is 1. The lowest BCUT2D eigenvalue weighted by atomic mass is 10.2. The Hall–Kier alpha value is -3.77. The van der Waals surface area contributed by atoms with E-state index in [1.165, 1.54) is 24.4 Å². The van der Waals surface area contributed by atoms with Gasteiger partial charge >= 0.3 is 0 Å². The largest absolute Gasteiger partial charge is 0.378 e. The van der Waals surface area contributed by atoms with Gasteiger partial charge in [-0.25, -0.2) is 8.42 Å². The van der Waals surface area contributed by atoms with Crippen LogP contribution in [0.1, 0.15) is 0 Å². The van der Waals surface area contributed by atoms with Crippen LogP contribution in [0.4, 0.5) is 11.4 Å². The molecule has 178 valence electrons. The molecule has 34 heavy (non-hydrogen) atoms. The van der Waals surface area contributed by atoms with Crippen LogP contribution < -0.4 is 5.32 Å². The van der Waals surface area contributed by atoms with E-state index in [2.05, 4.69) is 5.32 Å². The molecule has 1 aromatic heterocycles. The quantitative estimate of drug-likeness (QED) is 0.397. The number of fused-ring (bicyclic) bond motifs is 1. The van der Waals surface area contributed by atoms with Crippen LogP contribution >= 0.6 is 0 Å². The number of morpholine rings is 1. The highest BCUT2D eigenvalue weighted by Crippen LogP contribution is 2.27. The molecule has 1 aliphatic rings. The number of benzene rings is 2. The Kier molecular flexibility index (Phi) is 6.61. The van der Waals surface area contributed by atoms with E-state index in [4.69, 9.17) is 4.74 Å². The van der Waals surface area contributed by atoms with Gasteiger partial charge in [-0.05, 0) is 12.1 Å². The maximum Gasteiger partial charge on any atom is 0.271 e. The lowest BCUT2D eigenvalue weighted by molar-refractivity contribution is -0.384. The number of carbonyl (C=O) groups is 2. The maximum atomic E-state index is 13.1. The van der Waals surface area contributed by atoms with Gasteiger partial charge in [0.15, 0.2) is 9.84 Å². The minimum Gasteiger partial charge on any atom is -0.378 e. The summed E-state index contributed by atoms with van der Waals surface area (Å²) < 4.78 is 33.1. The first-order valence-corrected chi connectivity index (χ1v) is 12.1. The first-order chi connectivity index (χ1) is 16.2. The molecule has 0 bridgehead atoms. The molecule has 0 spiro atoms. The number of nitro groups is 1. The highest BCUT2D eigenvalue weighted by molar-refractivity contribution is 7.92.